The third kappa shape index (κ3) is 3.66. The minimum absolute atomic E-state index is 0.0112. The quantitative estimate of drug-likeness (QED) is 0.373. The predicted octanol–water partition coefficient (Wildman–Crippen LogP) is 4.09. The maximum Gasteiger partial charge on any atom is 0.387 e. The average Bonchev–Trinajstić information content (AvgIpc) is 3.45. The molecular formula is C29H26F2N6O4. The number of nitrogens with two attached hydrogens (primary N) is 1. The van der Waals surface area contributed by atoms with Gasteiger partial charge in [0.2, 0.25) is 0 Å². The summed E-state index contributed by atoms with van der Waals surface area (Å²) in [6.07, 6.45) is 6.14. The largest absolute Gasteiger partial charge is 0.481 e. The number of ether oxygens (including phenoxy) is 1. The number of hydrogen-bond acceptors (Lipinski definition) is 7. The van der Waals surface area contributed by atoms with Crippen molar-refractivity contribution in [3.05, 3.63) is 77.1 Å². The van der Waals surface area contributed by atoms with Crippen LogP contribution in [0.5, 0.6) is 5.75 Å². The van der Waals surface area contributed by atoms with Crippen LogP contribution >= 0.6 is 0 Å². The van der Waals surface area contributed by atoms with Gasteiger partial charge in [-0.2, -0.15) is 13.9 Å². The van der Waals surface area contributed by atoms with Crippen molar-refractivity contribution >= 4 is 17.4 Å². The van der Waals surface area contributed by atoms with Gasteiger partial charge in [0.05, 0.1) is 28.2 Å². The van der Waals surface area contributed by atoms with E-state index >= 15 is 0 Å². The third-order valence-electron chi connectivity index (χ3n) is 8.83. The number of halogens is 2. The van der Waals surface area contributed by atoms with Crippen molar-refractivity contribution in [2.45, 2.75) is 50.3 Å². The molecule has 41 heavy (non-hydrogen) atoms. The summed E-state index contributed by atoms with van der Waals surface area (Å²) in [6, 6.07) is 8.17. The van der Waals surface area contributed by atoms with Crippen LogP contribution in [0.15, 0.2) is 48.9 Å². The number of carbonyl (C=O) groups is 2. The molecule has 0 spiro atoms. The molecule has 3 aromatic heterocycles. The fourth-order valence-electron chi connectivity index (χ4n) is 6.93. The SMILES string of the molecule is CN1C(=O)c2cccc(OC(F)F)c2[C@H]2C[C@@H]1c1nn3ccc(-c4cnc(C5(N)CC(C)(C(=O)O)C5)nc4)cc3c12. The van der Waals surface area contributed by atoms with Gasteiger partial charge in [0.15, 0.2) is 0 Å². The van der Waals surface area contributed by atoms with Gasteiger partial charge < -0.3 is 20.5 Å². The number of benzene rings is 1. The van der Waals surface area contributed by atoms with E-state index in [1.165, 1.54) is 6.07 Å². The number of rotatable bonds is 5. The topological polar surface area (TPSA) is 136 Å². The second kappa shape index (κ2) is 8.53. The summed E-state index contributed by atoms with van der Waals surface area (Å²) in [5.41, 5.74) is 9.33. The van der Waals surface area contributed by atoms with E-state index in [-0.39, 0.29) is 36.5 Å². The van der Waals surface area contributed by atoms with Gasteiger partial charge in [-0.15, -0.1) is 0 Å². The Morgan fingerprint density at radius 2 is 1.90 bits per heavy atom. The van der Waals surface area contributed by atoms with Gasteiger partial charge in [-0.05, 0) is 56.0 Å². The van der Waals surface area contributed by atoms with E-state index in [0.29, 0.717) is 23.4 Å². The standard InChI is InChI=1S/C29H26F2N6O4/c1-28(26(39)40)12-29(32,13-28)25-33-10-15(11-34-25)14-6-7-37-18(8-14)22-17-9-19(23(22)35-37)36(2)24(38)16-4-3-5-20(21(16)17)41-27(30)31/h3-8,10-11,17,19,27H,9,12-13,32H2,1-2H3,(H,39,40)/t17-,19-,28?,29?/m1/s1. The summed E-state index contributed by atoms with van der Waals surface area (Å²) in [6.45, 7) is -1.36. The van der Waals surface area contributed by atoms with Crippen molar-refractivity contribution in [1.29, 1.82) is 0 Å². The molecule has 12 heteroatoms. The maximum atomic E-state index is 13.4. The Kier molecular flexibility index (Phi) is 5.31. The number of fused-ring (bicyclic) bond motifs is 9. The van der Waals surface area contributed by atoms with Crippen molar-refractivity contribution in [3.63, 3.8) is 0 Å². The molecule has 7 rings (SSSR count). The molecule has 2 bridgehead atoms. The summed E-state index contributed by atoms with van der Waals surface area (Å²) in [5.74, 6) is -1.14. The number of carboxylic acid groups (broad SMARTS) is 1. The molecule has 10 nitrogen and oxygen atoms in total. The van der Waals surface area contributed by atoms with Gasteiger partial charge in [0.25, 0.3) is 5.91 Å². The molecule has 3 N–H and O–H groups in total. The minimum atomic E-state index is -3.03. The molecule has 3 aliphatic rings. The summed E-state index contributed by atoms with van der Waals surface area (Å²) in [4.78, 5) is 35.4. The highest BCUT2D eigenvalue weighted by atomic mass is 19.3. The second-order valence-corrected chi connectivity index (χ2v) is 11.5. The molecule has 2 aliphatic carbocycles. The lowest BCUT2D eigenvalue weighted by Gasteiger charge is -2.48. The number of amides is 1. The lowest BCUT2D eigenvalue weighted by atomic mass is 9.58. The molecule has 1 saturated carbocycles. The first kappa shape index (κ1) is 25.5. The number of aliphatic carboxylic acids is 1. The van der Waals surface area contributed by atoms with Crippen LogP contribution < -0.4 is 10.5 Å². The highest BCUT2D eigenvalue weighted by Crippen LogP contribution is 2.54. The first-order valence-electron chi connectivity index (χ1n) is 13.2. The maximum absolute atomic E-state index is 13.4. The fourth-order valence-corrected chi connectivity index (χ4v) is 6.93. The minimum Gasteiger partial charge on any atom is -0.481 e. The number of nitrogens with zero attached hydrogens (tertiary/aromatic N) is 5. The molecule has 0 saturated heterocycles. The summed E-state index contributed by atoms with van der Waals surface area (Å²) in [5, 5.41) is 14.2. The highest BCUT2D eigenvalue weighted by Gasteiger charge is 2.56. The number of alkyl halides is 2. The Morgan fingerprint density at radius 1 is 1.17 bits per heavy atom. The average molecular weight is 561 g/mol. The van der Waals surface area contributed by atoms with E-state index in [2.05, 4.69) is 9.97 Å². The van der Waals surface area contributed by atoms with Gasteiger partial charge in [-0.3, -0.25) is 9.59 Å². The van der Waals surface area contributed by atoms with Crippen LogP contribution in [0.3, 0.4) is 0 Å². The van der Waals surface area contributed by atoms with E-state index in [9.17, 15) is 23.5 Å². The zero-order chi connectivity index (χ0) is 28.8. The summed E-state index contributed by atoms with van der Waals surface area (Å²) in [7, 11) is 1.70. The monoisotopic (exact) mass is 560 g/mol. The summed E-state index contributed by atoms with van der Waals surface area (Å²) >= 11 is 0. The molecule has 210 valence electrons. The Bertz CT molecular complexity index is 1750. The van der Waals surface area contributed by atoms with E-state index in [4.69, 9.17) is 15.6 Å². The first-order chi connectivity index (χ1) is 19.5. The number of carboxylic acids is 1. The predicted molar refractivity (Wildman–Crippen MR) is 141 cm³/mol. The zero-order valence-corrected chi connectivity index (χ0v) is 22.2. The lowest BCUT2D eigenvalue weighted by molar-refractivity contribution is -0.158. The van der Waals surface area contributed by atoms with Crippen LogP contribution in [0.25, 0.3) is 16.6 Å². The second-order valence-electron chi connectivity index (χ2n) is 11.5. The molecule has 4 heterocycles. The van der Waals surface area contributed by atoms with Crippen LogP contribution in [0.1, 0.15) is 71.1 Å². The Hall–Kier alpha value is -4.45. The van der Waals surface area contributed by atoms with Crippen LogP contribution in [0, 0.1) is 5.41 Å². The normalized spacial score (nSPS) is 26.5. The molecule has 0 unspecified atom stereocenters. The number of aromatic nitrogens is 4. The van der Waals surface area contributed by atoms with Crippen molar-refractivity contribution in [3.8, 4) is 16.9 Å². The van der Waals surface area contributed by atoms with Crippen LogP contribution in [0.2, 0.25) is 0 Å². The first-order valence-corrected chi connectivity index (χ1v) is 13.2. The molecule has 4 aromatic rings. The van der Waals surface area contributed by atoms with Crippen LogP contribution in [-0.4, -0.2) is 55.1 Å². The van der Waals surface area contributed by atoms with Gasteiger partial charge in [0.1, 0.15) is 11.6 Å². The smallest absolute Gasteiger partial charge is 0.387 e. The van der Waals surface area contributed by atoms with E-state index in [1.807, 2.05) is 18.3 Å². The molecule has 1 aliphatic heterocycles. The van der Waals surface area contributed by atoms with Crippen molar-refractivity contribution in [2.24, 2.45) is 11.1 Å². The Balaban J connectivity index is 1.29. The van der Waals surface area contributed by atoms with Gasteiger partial charge in [-0.1, -0.05) is 6.07 Å². The van der Waals surface area contributed by atoms with Crippen molar-refractivity contribution in [1.82, 2.24) is 24.5 Å². The molecule has 1 fully saturated rings. The van der Waals surface area contributed by atoms with E-state index < -0.39 is 23.5 Å². The molecule has 0 radical (unpaired) electrons. The molecule has 1 aromatic carbocycles. The Morgan fingerprint density at radius 3 is 2.59 bits per heavy atom. The van der Waals surface area contributed by atoms with Gasteiger partial charge in [0, 0.05) is 53.8 Å². The van der Waals surface area contributed by atoms with Gasteiger partial charge >= 0.3 is 12.6 Å². The number of hydrogen-bond donors (Lipinski definition) is 2. The zero-order valence-electron chi connectivity index (χ0n) is 22.2. The Labute approximate surface area is 232 Å². The third-order valence-corrected chi connectivity index (χ3v) is 8.83. The van der Waals surface area contributed by atoms with Crippen LogP contribution in [-0.2, 0) is 10.3 Å². The fraction of sp³-hybridized carbons (Fsp3) is 0.345. The van der Waals surface area contributed by atoms with Crippen LogP contribution in [0.4, 0.5) is 8.78 Å². The number of carbonyl (C=O) groups excluding carboxylic acids is 1. The summed E-state index contributed by atoms with van der Waals surface area (Å²) < 4.78 is 33.3. The van der Waals surface area contributed by atoms with E-state index in [1.54, 1.807) is 47.9 Å². The lowest BCUT2D eigenvalue weighted by Crippen LogP contribution is -2.58. The van der Waals surface area contributed by atoms with E-state index in [0.717, 1.165) is 27.9 Å². The number of pyridine rings is 1. The molecular weight excluding hydrogens is 534 g/mol. The molecule has 2 atom stereocenters. The van der Waals surface area contributed by atoms with Crippen molar-refractivity contribution < 1.29 is 28.2 Å². The molecule has 1 amide bonds. The van der Waals surface area contributed by atoms with Crippen molar-refractivity contribution in [2.75, 3.05) is 7.05 Å². The highest BCUT2D eigenvalue weighted by molar-refractivity contribution is 5.98. The van der Waals surface area contributed by atoms with Gasteiger partial charge in [-0.25, -0.2) is 14.5 Å².